The summed E-state index contributed by atoms with van der Waals surface area (Å²) in [5.74, 6) is -0.360. The molecule has 0 atom stereocenters. The van der Waals surface area contributed by atoms with Gasteiger partial charge in [0.05, 0.1) is 19.0 Å². The number of rotatable bonds is 8. The molecule has 0 saturated heterocycles. The van der Waals surface area contributed by atoms with E-state index in [9.17, 15) is 9.59 Å². The van der Waals surface area contributed by atoms with Crippen molar-refractivity contribution in [2.24, 2.45) is 5.73 Å². The van der Waals surface area contributed by atoms with Crippen LogP contribution in [-0.2, 0) is 33.6 Å². The fourth-order valence-corrected chi connectivity index (χ4v) is 4.38. The van der Waals surface area contributed by atoms with E-state index in [0.29, 0.717) is 12.2 Å². The van der Waals surface area contributed by atoms with Crippen LogP contribution in [0.5, 0.6) is 5.75 Å². The standard InChI is InChI=1S/C26H26N2O4/c1-3-19-21(15-24(27)29)26-23(32-16-25(30)31-2)12-7-13-28(26)22(19)14-18-10-6-9-17-8-4-5-11-20(17)18/h4-13H,3,14-16H2,1-2H3,(H2,27,29). The Balaban J connectivity index is 1.90. The maximum atomic E-state index is 11.9. The predicted octanol–water partition coefficient (Wildman–Crippen LogP) is 3.83. The van der Waals surface area contributed by atoms with E-state index >= 15 is 0 Å². The van der Waals surface area contributed by atoms with Crippen molar-refractivity contribution in [3.63, 3.8) is 0 Å². The van der Waals surface area contributed by atoms with Crippen LogP contribution in [0.15, 0.2) is 60.8 Å². The van der Waals surface area contributed by atoms with Gasteiger partial charge in [-0.2, -0.15) is 0 Å². The van der Waals surface area contributed by atoms with Crippen LogP contribution >= 0.6 is 0 Å². The molecule has 0 fully saturated rings. The zero-order valence-corrected chi connectivity index (χ0v) is 18.3. The van der Waals surface area contributed by atoms with E-state index in [0.717, 1.165) is 28.8 Å². The fourth-order valence-electron chi connectivity index (χ4n) is 4.38. The molecule has 2 heterocycles. The second-order valence-electron chi connectivity index (χ2n) is 7.67. The van der Waals surface area contributed by atoms with Crippen LogP contribution < -0.4 is 10.5 Å². The van der Waals surface area contributed by atoms with Gasteiger partial charge in [0.25, 0.3) is 0 Å². The second kappa shape index (κ2) is 9.14. The van der Waals surface area contributed by atoms with Gasteiger partial charge < -0.3 is 19.6 Å². The number of hydrogen-bond acceptors (Lipinski definition) is 4. The zero-order valence-electron chi connectivity index (χ0n) is 18.3. The summed E-state index contributed by atoms with van der Waals surface area (Å²) >= 11 is 0. The Kier molecular flexibility index (Phi) is 6.12. The Hall–Kier alpha value is -3.80. The number of esters is 1. The largest absolute Gasteiger partial charge is 0.480 e. The first kappa shape index (κ1) is 21.4. The van der Waals surface area contributed by atoms with E-state index < -0.39 is 11.9 Å². The summed E-state index contributed by atoms with van der Waals surface area (Å²) in [7, 11) is 1.32. The highest BCUT2D eigenvalue weighted by molar-refractivity contribution is 5.87. The number of carbonyl (C=O) groups excluding carboxylic acids is 2. The maximum absolute atomic E-state index is 11.9. The van der Waals surface area contributed by atoms with Crippen molar-refractivity contribution in [1.29, 1.82) is 0 Å². The molecule has 6 heteroatoms. The monoisotopic (exact) mass is 430 g/mol. The van der Waals surface area contributed by atoms with Crippen LogP contribution in [0, 0.1) is 0 Å². The van der Waals surface area contributed by atoms with Gasteiger partial charge in [-0.3, -0.25) is 4.79 Å². The van der Waals surface area contributed by atoms with Gasteiger partial charge in [0.15, 0.2) is 6.61 Å². The third-order valence-electron chi connectivity index (χ3n) is 5.76. The normalized spacial score (nSPS) is 11.1. The average Bonchev–Trinajstić information content (AvgIpc) is 3.09. The SMILES string of the molecule is CCc1c(CC(N)=O)c2c(OCC(=O)OC)cccn2c1Cc1cccc2ccccc12. The smallest absolute Gasteiger partial charge is 0.343 e. The number of benzene rings is 2. The van der Waals surface area contributed by atoms with E-state index in [1.807, 2.05) is 24.4 Å². The van der Waals surface area contributed by atoms with Crippen LogP contribution in [0.25, 0.3) is 16.3 Å². The highest BCUT2D eigenvalue weighted by Gasteiger charge is 2.22. The molecule has 0 saturated carbocycles. The van der Waals surface area contributed by atoms with Crippen molar-refractivity contribution in [2.45, 2.75) is 26.2 Å². The molecule has 32 heavy (non-hydrogen) atoms. The molecular weight excluding hydrogens is 404 g/mol. The lowest BCUT2D eigenvalue weighted by atomic mass is 9.97. The summed E-state index contributed by atoms with van der Waals surface area (Å²) in [6, 6.07) is 18.3. The molecule has 2 N–H and O–H groups in total. The highest BCUT2D eigenvalue weighted by Crippen LogP contribution is 2.34. The molecule has 164 valence electrons. The summed E-state index contributed by atoms with van der Waals surface area (Å²) in [5.41, 5.74) is 10.6. The van der Waals surface area contributed by atoms with Crippen molar-refractivity contribution in [3.05, 3.63) is 83.2 Å². The second-order valence-corrected chi connectivity index (χ2v) is 7.67. The Morgan fingerprint density at radius 2 is 1.78 bits per heavy atom. The molecule has 0 aliphatic rings. The number of amides is 1. The average molecular weight is 431 g/mol. The van der Waals surface area contributed by atoms with Gasteiger partial charge in [-0.15, -0.1) is 0 Å². The van der Waals surface area contributed by atoms with E-state index in [1.54, 1.807) is 6.07 Å². The lowest BCUT2D eigenvalue weighted by Crippen LogP contribution is -2.15. The number of ether oxygens (including phenoxy) is 2. The molecule has 0 spiro atoms. The number of nitrogens with two attached hydrogens (primary N) is 1. The van der Waals surface area contributed by atoms with Crippen molar-refractivity contribution in [3.8, 4) is 5.75 Å². The summed E-state index contributed by atoms with van der Waals surface area (Å²) < 4.78 is 12.5. The Labute approximate surface area is 186 Å². The van der Waals surface area contributed by atoms with E-state index in [2.05, 4.69) is 41.7 Å². The van der Waals surface area contributed by atoms with Gasteiger partial charge >= 0.3 is 5.97 Å². The number of hydrogen-bond donors (Lipinski definition) is 1. The van der Waals surface area contributed by atoms with Crippen molar-refractivity contribution < 1.29 is 19.1 Å². The molecule has 0 aliphatic carbocycles. The van der Waals surface area contributed by atoms with Crippen LogP contribution in [0.2, 0.25) is 0 Å². The summed E-state index contributed by atoms with van der Waals surface area (Å²) in [4.78, 5) is 23.6. The van der Waals surface area contributed by atoms with Crippen molar-refractivity contribution in [2.75, 3.05) is 13.7 Å². The van der Waals surface area contributed by atoms with Gasteiger partial charge in [0, 0.05) is 18.3 Å². The fraction of sp³-hybridized carbons (Fsp3) is 0.231. The number of carbonyl (C=O) groups is 2. The summed E-state index contributed by atoms with van der Waals surface area (Å²) in [5, 5.41) is 2.38. The van der Waals surface area contributed by atoms with Gasteiger partial charge in [-0.25, -0.2) is 4.79 Å². The number of pyridine rings is 1. The first-order valence-corrected chi connectivity index (χ1v) is 10.6. The minimum atomic E-state index is -0.471. The highest BCUT2D eigenvalue weighted by atomic mass is 16.6. The van der Waals surface area contributed by atoms with Gasteiger partial charge in [0.1, 0.15) is 5.75 Å². The summed E-state index contributed by atoms with van der Waals surface area (Å²) in [6.45, 7) is 1.86. The van der Waals surface area contributed by atoms with E-state index in [-0.39, 0.29) is 13.0 Å². The first-order valence-electron chi connectivity index (χ1n) is 10.6. The van der Waals surface area contributed by atoms with Crippen molar-refractivity contribution >= 4 is 28.2 Å². The number of methoxy groups -OCH3 is 1. The molecule has 4 rings (SSSR count). The van der Waals surface area contributed by atoms with Crippen LogP contribution in [0.1, 0.15) is 29.3 Å². The van der Waals surface area contributed by atoms with E-state index in [4.69, 9.17) is 15.2 Å². The molecule has 1 amide bonds. The molecular formula is C26H26N2O4. The van der Waals surface area contributed by atoms with Crippen LogP contribution in [0.3, 0.4) is 0 Å². The Bertz CT molecular complexity index is 1300. The number of aromatic nitrogens is 1. The third kappa shape index (κ3) is 4.04. The molecule has 0 bridgehead atoms. The van der Waals surface area contributed by atoms with Crippen LogP contribution in [-0.4, -0.2) is 30.0 Å². The Morgan fingerprint density at radius 3 is 2.53 bits per heavy atom. The Morgan fingerprint density at radius 1 is 1.00 bits per heavy atom. The van der Waals surface area contributed by atoms with Gasteiger partial charge in [-0.05, 0) is 46.0 Å². The number of nitrogens with zero attached hydrogens (tertiary/aromatic N) is 1. The predicted molar refractivity (Wildman–Crippen MR) is 124 cm³/mol. The topological polar surface area (TPSA) is 83.0 Å². The van der Waals surface area contributed by atoms with Gasteiger partial charge in [-0.1, -0.05) is 49.4 Å². The minimum absolute atomic E-state index is 0.0980. The molecule has 0 radical (unpaired) electrons. The number of fused-ring (bicyclic) bond motifs is 2. The lowest BCUT2D eigenvalue weighted by molar-refractivity contribution is -0.142. The quantitative estimate of drug-likeness (QED) is 0.431. The molecule has 6 nitrogen and oxygen atoms in total. The van der Waals surface area contributed by atoms with Gasteiger partial charge in [0.2, 0.25) is 5.91 Å². The maximum Gasteiger partial charge on any atom is 0.343 e. The minimum Gasteiger partial charge on any atom is -0.480 e. The molecule has 0 aliphatic heterocycles. The zero-order chi connectivity index (χ0) is 22.7. The van der Waals surface area contributed by atoms with Crippen LogP contribution in [0.4, 0.5) is 0 Å². The first-order chi connectivity index (χ1) is 15.5. The molecule has 2 aromatic heterocycles. The third-order valence-corrected chi connectivity index (χ3v) is 5.76. The molecule has 4 aromatic rings. The lowest BCUT2D eigenvalue weighted by Gasteiger charge is -2.11. The van der Waals surface area contributed by atoms with E-state index in [1.165, 1.54) is 23.4 Å². The summed E-state index contributed by atoms with van der Waals surface area (Å²) in [6.07, 6.45) is 3.48. The van der Waals surface area contributed by atoms with Crippen molar-refractivity contribution in [1.82, 2.24) is 4.40 Å². The molecule has 0 unspecified atom stereocenters. The molecule has 2 aromatic carbocycles. The number of primary amides is 1.